The number of ether oxygens (including phenoxy) is 1. The van der Waals surface area contributed by atoms with Crippen LogP contribution in [0.3, 0.4) is 0 Å². The molecule has 0 unspecified atom stereocenters. The van der Waals surface area contributed by atoms with Crippen molar-refractivity contribution in [3.63, 3.8) is 0 Å². The summed E-state index contributed by atoms with van der Waals surface area (Å²) < 4.78 is 7.22. The molecule has 0 radical (unpaired) electrons. The number of carbonyl (C=O) groups is 2. The molecule has 138 valence electrons. The van der Waals surface area contributed by atoms with Gasteiger partial charge in [-0.3, -0.25) is 0 Å². The zero-order valence-corrected chi connectivity index (χ0v) is 16.4. The van der Waals surface area contributed by atoms with Gasteiger partial charge in [-0.1, -0.05) is 41.1 Å². The molecule has 3 aromatic rings. The van der Waals surface area contributed by atoms with E-state index < -0.39 is 11.9 Å². The van der Waals surface area contributed by atoms with Crippen LogP contribution in [0.5, 0.6) is 0 Å². The number of carboxylic acid groups (broad SMARTS) is 1. The summed E-state index contributed by atoms with van der Waals surface area (Å²) in [7, 11) is 1.31. The fourth-order valence-corrected chi connectivity index (χ4v) is 3.30. The molecule has 1 heterocycles. The van der Waals surface area contributed by atoms with E-state index in [0.29, 0.717) is 28.9 Å². The van der Waals surface area contributed by atoms with Crippen molar-refractivity contribution in [3.8, 4) is 16.9 Å². The third-order valence-corrected chi connectivity index (χ3v) is 4.66. The molecule has 0 fully saturated rings. The first-order valence-electron chi connectivity index (χ1n) is 8.26. The average molecular weight is 429 g/mol. The molecule has 6 nitrogen and oxygen atoms in total. The Morgan fingerprint density at radius 1 is 1.19 bits per heavy atom. The van der Waals surface area contributed by atoms with Crippen molar-refractivity contribution in [3.05, 3.63) is 69.8 Å². The standard InChI is InChI=1S/C20H17BrN2O4/c1-3-16-17(19(24)25)18(12-7-9-13(10-8-12)20(26)27-2)22-23(16)15-6-4-5-14(21)11-15/h4-11H,3H2,1-2H3,(H,24,25). The molecule has 0 saturated heterocycles. The van der Waals surface area contributed by atoms with E-state index in [4.69, 9.17) is 4.74 Å². The maximum Gasteiger partial charge on any atom is 0.339 e. The predicted octanol–water partition coefficient (Wildman–Crippen LogP) is 4.35. The van der Waals surface area contributed by atoms with Crippen molar-refractivity contribution in [2.75, 3.05) is 7.11 Å². The molecule has 27 heavy (non-hydrogen) atoms. The lowest BCUT2D eigenvalue weighted by atomic mass is 10.0. The molecule has 0 amide bonds. The second kappa shape index (κ2) is 7.75. The summed E-state index contributed by atoms with van der Waals surface area (Å²) in [6.07, 6.45) is 0.501. The summed E-state index contributed by atoms with van der Waals surface area (Å²) in [5, 5.41) is 14.4. The number of aromatic nitrogens is 2. The molecule has 0 bridgehead atoms. The zero-order chi connectivity index (χ0) is 19.6. The van der Waals surface area contributed by atoms with Gasteiger partial charge in [0.05, 0.1) is 24.1 Å². The highest BCUT2D eigenvalue weighted by Gasteiger charge is 2.24. The smallest absolute Gasteiger partial charge is 0.339 e. The monoisotopic (exact) mass is 428 g/mol. The lowest BCUT2D eigenvalue weighted by molar-refractivity contribution is 0.0599. The minimum atomic E-state index is -1.04. The van der Waals surface area contributed by atoms with E-state index >= 15 is 0 Å². The van der Waals surface area contributed by atoms with Crippen LogP contribution < -0.4 is 0 Å². The Labute approximate surface area is 164 Å². The van der Waals surface area contributed by atoms with Crippen LogP contribution in [0, 0.1) is 0 Å². The topological polar surface area (TPSA) is 81.4 Å². The average Bonchev–Trinajstić information content (AvgIpc) is 3.07. The van der Waals surface area contributed by atoms with E-state index in [1.807, 2.05) is 31.2 Å². The first-order chi connectivity index (χ1) is 13.0. The van der Waals surface area contributed by atoms with Gasteiger partial charge in [0, 0.05) is 10.0 Å². The Hall–Kier alpha value is -2.93. The highest BCUT2D eigenvalue weighted by Crippen LogP contribution is 2.29. The van der Waals surface area contributed by atoms with Gasteiger partial charge in [0.15, 0.2) is 0 Å². The van der Waals surface area contributed by atoms with Crippen molar-refractivity contribution < 1.29 is 19.4 Å². The van der Waals surface area contributed by atoms with E-state index in [2.05, 4.69) is 21.0 Å². The van der Waals surface area contributed by atoms with Crippen LogP contribution in [-0.2, 0) is 11.2 Å². The van der Waals surface area contributed by atoms with Crippen LogP contribution in [0.4, 0.5) is 0 Å². The van der Waals surface area contributed by atoms with Crippen LogP contribution in [0.1, 0.15) is 33.3 Å². The van der Waals surface area contributed by atoms with Gasteiger partial charge in [0.25, 0.3) is 0 Å². The normalized spacial score (nSPS) is 10.6. The highest BCUT2D eigenvalue weighted by atomic mass is 79.9. The number of nitrogens with zero attached hydrogens (tertiary/aromatic N) is 2. The van der Waals surface area contributed by atoms with Crippen molar-refractivity contribution in [2.24, 2.45) is 0 Å². The predicted molar refractivity (Wildman–Crippen MR) is 104 cm³/mol. The molecule has 1 aromatic heterocycles. The molecular formula is C20H17BrN2O4. The number of halogens is 1. The molecule has 0 saturated carbocycles. The maximum atomic E-state index is 12.0. The summed E-state index contributed by atoms with van der Waals surface area (Å²) in [5.74, 6) is -1.49. The largest absolute Gasteiger partial charge is 0.478 e. The third kappa shape index (κ3) is 3.64. The van der Waals surface area contributed by atoms with Gasteiger partial charge in [-0.05, 0) is 36.8 Å². The first-order valence-corrected chi connectivity index (χ1v) is 9.05. The van der Waals surface area contributed by atoms with Crippen molar-refractivity contribution in [1.82, 2.24) is 9.78 Å². The Morgan fingerprint density at radius 2 is 1.89 bits per heavy atom. The highest BCUT2D eigenvalue weighted by molar-refractivity contribution is 9.10. The van der Waals surface area contributed by atoms with Gasteiger partial charge in [-0.15, -0.1) is 0 Å². The van der Waals surface area contributed by atoms with Crippen molar-refractivity contribution in [2.45, 2.75) is 13.3 Å². The number of carbonyl (C=O) groups excluding carboxylic acids is 1. The zero-order valence-electron chi connectivity index (χ0n) is 14.8. The van der Waals surface area contributed by atoms with E-state index in [0.717, 1.165) is 10.2 Å². The Balaban J connectivity index is 2.18. The van der Waals surface area contributed by atoms with Crippen LogP contribution in [0.15, 0.2) is 53.0 Å². The maximum absolute atomic E-state index is 12.0. The van der Waals surface area contributed by atoms with Gasteiger partial charge in [-0.2, -0.15) is 5.10 Å². The van der Waals surface area contributed by atoms with Crippen molar-refractivity contribution in [1.29, 1.82) is 0 Å². The van der Waals surface area contributed by atoms with Gasteiger partial charge < -0.3 is 9.84 Å². The minimum absolute atomic E-state index is 0.156. The summed E-state index contributed by atoms with van der Waals surface area (Å²) in [6.45, 7) is 1.89. The van der Waals surface area contributed by atoms with Crippen LogP contribution in [0.2, 0.25) is 0 Å². The number of carboxylic acids is 1. The second-order valence-corrected chi connectivity index (χ2v) is 6.71. The molecule has 0 atom stereocenters. The summed E-state index contributed by atoms with van der Waals surface area (Å²) in [6, 6.07) is 14.0. The molecule has 0 spiro atoms. The minimum Gasteiger partial charge on any atom is -0.478 e. The van der Waals surface area contributed by atoms with E-state index in [9.17, 15) is 14.7 Å². The Bertz CT molecular complexity index is 1010. The number of hydrogen-bond acceptors (Lipinski definition) is 4. The molecule has 0 aliphatic rings. The van der Waals surface area contributed by atoms with E-state index in [1.165, 1.54) is 7.11 Å². The Kier molecular flexibility index (Phi) is 5.41. The number of hydrogen-bond donors (Lipinski definition) is 1. The lowest BCUT2D eigenvalue weighted by Gasteiger charge is -2.06. The third-order valence-electron chi connectivity index (χ3n) is 4.16. The van der Waals surface area contributed by atoms with Crippen molar-refractivity contribution >= 4 is 27.9 Å². The van der Waals surface area contributed by atoms with Gasteiger partial charge in [0.1, 0.15) is 11.3 Å². The Morgan fingerprint density at radius 3 is 2.44 bits per heavy atom. The number of benzene rings is 2. The SMILES string of the molecule is CCc1c(C(=O)O)c(-c2ccc(C(=O)OC)cc2)nn1-c1cccc(Br)c1. The van der Waals surface area contributed by atoms with Crippen LogP contribution in [0.25, 0.3) is 16.9 Å². The van der Waals surface area contributed by atoms with Gasteiger partial charge >= 0.3 is 11.9 Å². The number of aromatic carboxylic acids is 1. The molecule has 3 rings (SSSR count). The molecule has 0 aliphatic carbocycles. The van der Waals surface area contributed by atoms with E-state index in [1.54, 1.807) is 28.9 Å². The molecule has 7 heteroatoms. The number of esters is 1. The molecule has 2 aromatic carbocycles. The quantitative estimate of drug-likeness (QED) is 0.610. The fraction of sp³-hybridized carbons (Fsp3) is 0.150. The second-order valence-electron chi connectivity index (χ2n) is 5.79. The van der Waals surface area contributed by atoms with Gasteiger partial charge in [0.2, 0.25) is 0 Å². The summed E-state index contributed by atoms with van der Waals surface area (Å²) in [4.78, 5) is 23.6. The van der Waals surface area contributed by atoms with Crippen LogP contribution in [-0.4, -0.2) is 33.9 Å². The van der Waals surface area contributed by atoms with Gasteiger partial charge in [-0.25, -0.2) is 14.3 Å². The number of methoxy groups -OCH3 is 1. The first kappa shape index (κ1) is 18.8. The molecular weight excluding hydrogens is 412 g/mol. The molecule has 1 N–H and O–H groups in total. The van der Waals surface area contributed by atoms with Crippen LogP contribution >= 0.6 is 15.9 Å². The summed E-state index contributed by atoms with van der Waals surface area (Å²) in [5.41, 5.74) is 2.89. The molecule has 0 aliphatic heterocycles. The van der Waals surface area contributed by atoms with E-state index in [-0.39, 0.29) is 5.56 Å². The number of rotatable bonds is 5. The lowest BCUT2D eigenvalue weighted by Crippen LogP contribution is -2.05. The summed E-state index contributed by atoms with van der Waals surface area (Å²) >= 11 is 3.43. The fourth-order valence-electron chi connectivity index (χ4n) is 2.91.